The van der Waals surface area contributed by atoms with E-state index in [0.29, 0.717) is 12.8 Å². The summed E-state index contributed by atoms with van der Waals surface area (Å²) in [5.41, 5.74) is 0. The number of carbonyl (C=O) groups is 3. The van der Waals surface area contributed by atoms with Gasteiger partial charge in [-0.25, -0.2) is 17.2 Å². The molecular formula is C21H25F2N3O5S. The van der Waals surface area contributed by atoms with Crippen molar-refractivity contribution < 1.29 is 31.6 Å². The number of imide groups is 1. The number of amides is 3. The van der Waals surface area contributed by atoms with Crippen LogP contribution in [-0.4, -0.2) is 73.0 Å². The molecule has 3 amide bonds. The summed E-state index contributed by atoms with van der Waals surface area (Å²) in [6.07, 6.45) is 3.23. The zero-order chi connectivity index (χ0) is 23.0. The van der Waals surface area contributed by atoms with E-state index in [4.69, 9.17) is 0 Å². The molecule has 11 heteroatoms. The first kappa shape index (κ1) is 22.8. The fraction of sp³-hybridized carbons (Fsp3) is 0.571. The lowest BCUT2D eigenvalue weighted by Gasteiger charge is -2.34. The second-order valence-electron chi connectivity index (χ2n) is 8.41. The molecule has 3 fully saturated rings. The molecule has 0 N–H and O–H groups in total. The van der Waals surface area contributed by atoms with E-state index >= 15 is 0 Å². The third kappa shape index (κ3) is 4.03. The maximum absolute atomic E-state index is 14.0. The van der Waals surface area contributed by atoms with Gasteiger partial charge in [-0.05, 0) is 25.0 Å². The largest absolute Gasteiger partial charge is 0.340 e. The van der Waals surface area contributed by atoms with Crippen LogP contribution >= 0.6 is 0 Å². The van der Waals surface area contributed by atoms with E-state index in [1.165, 1.54) is 9.80 Å². The van der Waals surface area contributed by atoms with Gasteiger partial charge in [0.15, 0.2) is 4.90 Å². The van der Waals surface area contributed by atoms with Gasteiger partial charge < -0.3 is 4.90 Å². The van der Waals surface area contributed by atoms with Crippen molar-refractivity contribution in [2.75, 3.05) is 32.7 Å². The van der Waals surface area contributed by atoms with E-state index in [1.807, 2.05) is 0 Å². The van der Waals surface area contributed by atoms with Crippen LogP contribution in [0.5, 0.6) is 0 Å². The Balaban J connectivity index is 1.33. The van der Waals surface area contributed by atoms with Crippen LogP contribution in [0.4, 0.5) is 8.78 Å². The van der Waals surface area contributed by atoms with Crippen molar-refractivity contribution in [2.45, 2.75) is 37.0 Å². The minimum atomic E-state index is -4.38. The van der Waals surface area contributed by atoms with Gasteiger partial charge in [-0.3, -0.25) is 19.3 Å². The molecule has 3 aliphatic rings. The van der Waals surface area contributed by atoms with Crippen LogP contribution in [0.2, 0.25) is 0 Å². The number of hydrogen-bond acceptors (Lipinski definition) is 5. The molecule has 32 heavy (non-hydrogen) atoms. The van der Waals surface area contributed by atoms with Crippen molar-refractivity contribution in [1.82, 2.24) is 14.1 Å². The molecule has 1 aromatic carbocycles. The number of benzene rings is 1. The van der Waals surface area contributed by atoms with E-state index in [2.05, 4.69) is 0 Å². The Morgan fingerprint density at radius 3 is 2.00 bits per heavy atom. The number of rotatable bonds is 5. The Kier molecular flexibility index (Phi) is 6.30. The second kappa shape index (κ2) is 8.86. The molecule has 2 aliphatic heterocycles. The number of carbonyl (C=O) groups excluding carboxylic acids is 3. The molecule has 2 saturated heterocycles. The predicted octanol–water partition coefficient (Wildman–Crippen LogP) is 1.36. The molecule has 4 rings (SSSR count). The number of likely N-dealkylation sites (tertiary alicyclic amines) is 1. The zero-order valence-electron chi connectivity index (χ0n) is 17.5. The van der Waals surface area contributed by atoms with Crippen LogP contribution in [0.25, 0.3) is 0 Å². The van der Waals surface area contributed by atoms with E-state index in [0.717, 1.165) is 35.3 Å². The summed E-state index contributed by atoms with van der Waals surface area (Å²) in [5.74, 6) is -3.55. The fourth-order valence-electron chi connectivity index (χ4n) is 4.85. The molecule has 2 atom stereocenters. The smallest absolute Gasteiger partial charge is 0.249 e. The van der Waals surface area contributed by atoms with Gasteiger partial charge in [0.05, 0.1) is 11.8 Å². The van der Waals surface area contributed by atoms with Crippen LogP contribution in [0, 0.1) is 23.5 Å². The minimum Gasteiger partial charge on any atom is -0.340 e. The Morgan fingerprint density at radius 1 is 0.938 bits per heavy atom. The van der Waals surface area contributed by atoms with Gasteiger partial charge >= 0.3 is 0 Å². The average Bonchev–Trinajstić information content (AvgIpc) is 3.02. The van der Waals surface area contributed by atoms with Crippen molar-refractivity contribution in [3.63, 3.8) is 0 Å². The summed E-state index contributed by atoms with van der Waals surface area (Å²) < 4.78 is 54.2. The van der Waals surface area contributed by atoms with E-state index in [1.54, 1.807) is 0 Å². The highest BCUT2D eigenvalue weighted by molar-refractivity contribution is 7.89. The third-order valence-electron chi connectivity index (χ3n) is 6.59. The van der Waals surface area contributed by atoms with E-state index in [9.17, 15) is 31.6 Å². The van der Waals surface area contributed by atoms with Crippen LogP contribution < -0.4 is 0 Å². The van der Waals surface area contributed by atoms with Crippen molar-refractivity contribution in [3.8, 4) is 0 Å². The first-order valence-electron chi connectivity index (χ1n) is 10.8. The zero-order valence-corrected chi connectivity index (χ0v) is 18.3. The normalized spacial score (nSPS) is 24.7. The highest BCUT2D eigenvalue weighted by Gasteiger charge is 2.48. The molecule has 0 aromatic heterocycles. The first-order valence-corrected chi connectivity index (χ1v) is 12.2. The highest BCUT2D eigenvalue weighted by Crippen LogP contribution is 2.38. The maximum Gasteiger partial charge on any atom is 0.249 e. The topological polar surface area (TPSA) is 95.1 Å². The Hall–Kier alpha value is -2.40. The molecular weight excluding hydrogens is 444 g/mol. The predicted molar refractivity (Wildman–Crippen MR) is 108 cm³/mol. The molecule has 1 aromatic rings. The van der Waals surface area contributed by atoms with Crippen LogP contribution in [-0.2, 0) is 24.4 Å². The van der Waals surface area contributed by atoms with Crippen molar-refractivity contribution in [2.24, 2.45) is 11.8 Å². The van der Waals surface area contributed by atoms with Gasteiger partial charge in [0.1, 0.15) is 11.6 Å². The summed E-state index contributed by atoms with van der Waals surface area (Å²) in [5, 5.41) is 0. The van der Waals surface area contributed by atoms with E-state index < -0.39 is 26.6 Å². The lowest BCUT2D eigenvalue weighted by atomic mass is 9.81. The SMILES string of the molecule is O=C(CCN1C(=O)[C@H]2CCCC[C@@H]2C1=O)N1CCN(S(=O)(=O)c2c(F)cccc2F)CC1. The van der Waals surface area contributed by atoms with Gasteiger partial charge in [-0.15, -0.1) is 0 Å². The summed E-state index contributed by atoms with van der Waals surface area (Å²) in [6, 6.07) is 2.85. The minimum absolute atomic E-state index is 0.0163. The molecule has 1 saturated carbocycles. The second-order valence-corrected chi connectivity index (χ2v) is 10.3. The molecule has 0 bridgehead atoms. The summed E-state index contributed by atoms with van der Waals surface area (Å²) in [6.45, 7) is -0.0772. The Morgan fingerprint density at radius 2 is 1.47 bits per heavy atom. The quantitative estimate of drug-likeness (QED) is 0.607. The summed E-state index contributed by atoms with van der Waals surface area (Å²) in [7, 11) is -4.38. The van der Waals surface area contributed by atoms with Gasteiger partial charge in [-0.2, -0.15) is 4.31 Å². The number of hydrogen-bond donors (Lipinski definition) is 0. The maximum atomic E-state index is 14.0. The number of piperazine rings is 1. The number of halogens is 2. The van der Waals surface area contributed by atoms with Crippen LogP contribution in [0.1, 0.15) is 32.1 Å². The van der Waals surface area contributed by atoms with Gasteiger partial charge in [0.25, 0.3) is 0 Å². The van der Waals surface area contributed by atoms with Crippen molar-refractivity contribution in [3.05, 3.63) is 29.8 Å². The van der Waals surface area contributed by atoms with Gasteiger partial charge in [0.2, 0.25) is 27.7 Å². The lowest BCUT2D eigenvalue weighted by molar-refractivity contribution is -0.141. The average molecular weight is 470 g/mol. The third-order valence-corrected chi connectivity index (χ3v) is 8.54. The van der Waals surface area contributed by atoms with Crippen LogP contribution in [0.15, 0.2) is 23.1 Å². The van der Waals surface area contributed by atoms with E-state index in [-0.39, 0.29) is 68.7 Å². The highest BCUT2D eigenvalue weighted by atomic mass is 32.2. The van der Waals surface area contributed by atoms with Gasteiger partial charge in [0, 0.05) is 39.1 Å². The monoisotopic (exact) mass is 469 g/mol. The van der Waals surface area contributed by atoms with Crippen molar-refractivity contribution in [1.29, 1.82) is 0 Å². The molecule has 2 heterocycles. The van der Waals surface area contributed by atoms with Crippen LogP contribution in [0.3, 0.4) is 0 Å². The van der Waals surface area contributed by atoms with Gasteiger partial charge in [-0.1, -0.05) is 18.9 Å². The molecule has 1 aliphatic carbocycles. The number of fused-ring (bicyclic) bond motifs is 1. The molecule has 174 valence electrons. The molecule has 0 radical (unpaired) electrons. The van der Waals surface area contributed by atoms with Crippen molar-refractivity contribution >= 4 is 27.7 Å². The Labute approximate surface area is 185 Å². The first-order chi connectivity index (χ1) is 15.2. The standard InChI is InChI=1S/C21H25F2N3O5S/c22-16-6-3-7-17(23)19(16)32(30,31)25-12-10-24(11-13-25)18(27)8-9-26-20(28)14-4-1-2-5-15(14)21(26)29/h3,6-7,14-15H,1-2,4-5,8-13H2/t14-,15-/m0/s1. The summed E-state index contributed by atoms with van der Waals surface area (Å²) in [4.78, 5) is 39.3. The fourth-order valence-corrected chi connectivity index (χ4v) is 6.38. The molecule has 0 spiro atoms. The Bertz CT molecular complexity index is 996. The summed E-state index contributed by atoms with van der Waals surface area (Å²) >= 11 is 0. The molecule has 8 nitrogen and oxygen atoms in total. The number of sulfonamides is 1. The number of nitrogens with zero attached hydrogens (tertiary/aromatic N) is 3. The molecule has 0 unspecified atom stereocenters. The lowest BCUT2D eigenvalue weighted by Crippen LogP contribution is -2.51.